The monoisotopic (exact) mass is 232 g/mol. The Kier molecular flexibility index (Phi) is 3.41. The summed E-state index contributed by atoms with van der Waals surface area (Å²) in [5, 5.41) is 3.45. The molecule has 2 saturated heterocycles. The van der Waals surface area contributed by atoms with Crippen molar-refractivity contribution < 1.29 is 4.74 Å². The van der Waals surface area contributed by atoms with Crippen LogP contribution in [0.15, 0.2) is 30.3 Å². The normalized spacial score (nSPS) is 29.9. The first-order valence-electron chi connectivity index (χ1n) is 6.51. The summed E-state index contributed by atoms with van der Waals surface area (Å²) in [5.41, 5.74) is 1.42. The first kappa shape index (κ1) is 11.2. The lowest BCUT2D eigenvalue weighted by molar-refractivity contribution is -0.0574. The van der Waals surface area contributed by atoms with Crippen molar-refractivity contribution in [3.63, 3.8) is 0 Å². The molecule has 2 heterocycles. The molecule has 2 atom stereocenters. The van der Waals surface area contributed by atoms with Crippen molar-refractivity contribution in [1.82, 2.24) is 10.2 Å². The Bertz CT molecular complexity index is 352. The maximum atomic E-state index is 5.74. The van der Waals surface area contributed by atoms with Gasteiger partial charge >= 0.3 is 0 Å². The lowest BCUT2D eigenvalue weighted by Crippen LogP contribution is -2.61. The molecule has 0 radical (unpaired) electrons. The van der Waals surface area contributed by atoms with Crippen molar-refractivity contribution in [3.05, 3.63) is 35.9 Å². The molecule has 92 valence electrons. The highest BCUT2D eigenvalue weighted by Gasteiger charge is 2.32. The smallest absolute Gasteiger partial charge is 0.0635 e. The number of hydrogen-bond acceptors (Lipinski definition) is 3. The summed E-state index contributed by atoms with van der Waals surface area (Å²) in [4.78, 5) is 2.63. The van der Waals surface area contributed by atoms with Crippen LogP contribution in [0.1, 0.15) is 5.56 Å². The third kappa shape index (κ3) is 2.51. The molecule has 3 rings (SSSR count). The van der Waals surface area contributed by atoms with Gasteiger partial charge in [0.2, 0.25) is 0 Å². The van der Waals surface area contributed by atoms with Crippen LogP contribution in [0.5, 0.6) is 0 Å². The average Bonchev–Trinajstić information content (AvgIpc) is 2.40. The van der Waals surface area contributed by atoms with E-state index in [-0.39, 0.29) is 0 Å². The van der Waals surface area contributed by atoms with Crippen LogP contribution in [-0.2, 0) is 11.2 Å². The van der Waals surface area contributed by atoms with Crippen LogP contribution in [0.4, 0.5) is 0 Å². The van der Waals surface area contributed by atoms with Gasteiger partial charge in [0.25, 0.3) is 0 Å². The van der Waals surface area contributed by atoms with E-state index in [1.165, 1.54) is 5.56 Å². The molecule has 2 aliphatic rings. The number of morpholine rings is 1. The molecule has 17 heavy (non-hydrogen) atoms. The van der Waals surface area contributed by atoms with Gasteiger partial charge in [-0.3, -0.25) is 4.90 Å². The van der Waals surface area contributed by atoms with Crippen molar-refractivity contribution in [3.8, 4) is 0 Å². The minimum Gasteiger partial charge on any atom is -0.378 e. The summed E-state index contributed by atoms with van der Waals surface area (Å²) < 4.78 is 5.74. The fraction of sp³-hybridized carbons (Fsp3) is 0.571. The van der Waals surface area contributed by atoms with E-state index in [0.29, 0.717) is 12.1 Å². The third-order valence-electron chi connectivity index (χ3n) is 3.80. The number of ether oxygens (including phenoxy) is 1. The number of rotatable bonds is 2. The van der Waals surface area contributed by atoms with E-state index in [4.69, 9.17) is 4.74 Å². The van der Waals surface area contributed by atoms with Gasteiger partial charge in [0.15, 0.2) is 0 Å². The molecule has 0 aliphatic carbocycles. The van der Waals surface area contributed by atoms with Crippen LogP contribution in [0.25, 0.3) is 0 Å². The first-order chi connectivity index (χ1) is 8.43. The molecular weight excluding hydrogens is 212 g/mol. The van der Waals surface area contributed by atoms with Crippen LogP contribution in [-0.4, -0.2) is 49.8 Å². The number of nitrogens with zero attached hydrogens (tertiary/aromatic N) is 1. The summed E-state index contributed by atoms with van der Waals surface area (Å²) in [7, 11) is 0. The quantitative estimate of drug-likeness (QED) is 0.820. The number of fused-ring (bicyclic) bond motifs is 1. The van der Waals surface area contributed by atoms with E-state index in [9.17, 15) is 0 Å². The largest absolute Gasteiger partial charge is 0.378 e. The van der Waals surface area contributed by atoms with Gasteiger partial charge in [0, 0.05) is 31.7 Å². The number of benzene rings is 1. The van der Waals surface area contributed by atoms with E-state index < -0.39 is 0 Å². The maximum Gasteiger partial charge on any atom is 0.0635 e. The molecule has 0 bridgehead atoms. The molecule has 3 nitrogen and oxygen atoms in total. The number of piperazine rings is 1. The second-order valence-electron chi connectivity index (χ2n) is 4.98. The highest BCUT2D eigenvalue weighted by Crippen LogP contribution is 2.18. The SMILES string of the molecule is c1ccc(CC2COCC3CNCCN32)cc1. The standard InChI is InChI=1S/C14H20N2O/c1-2-4-12(5-3-1)8-13-10-17-11-14-9-15-6-7-16(13)14/h1-5,13-15H,6-11H2. The fourth-order valence-electron chi connectivity index (χ4n) is 2.91. The van der Waals surface area contributed by atoms with E-state index in [1.807, 2.05) is 0 Å². The van der Waals surface area contributed by atoms with E-state index in [2.05, 4.69) is 40.5 Å². The van der Waals surface area contributed by atoms with Crippen LogP contribution < -0.4 is 5.32 Å². The Morgan fingerprint density at radius 1 is 1.24 bits per heavy atom. The number of nitrogens with one attached hydrogen (secondary N) is 1. The second-order valence-corrected chi connectivity index (χ2v) is 4.98. The van der Waals surface area contributed by atoms with Crippen molar-refractivity contribution >= 4 is 0 Å². The molecule has 1 aromatic carbocycles. The molecule has 1 aromatic rings. The Balaban J connectivity index is 1.69. The van der Waals surface area contributed by atoms with E-state index in [1.54, 1.807) is 0 Å². The third-order valence-corrected chi connectivity index (χ3v) is 3.80. The van der Waals surface area contributed by atoms with Crippen molar-refractivity contribution in [1.29, 1.82) is 0 Å². The minimum absolute atomic E-state index is 0.554. The van der Waals surface area contributed by atoms with Crippen LogP contribution >= 0.6 is 0 Å². The lowest BCUT2D eigenvalue weighted by atomic mass is 10.0. The fourth-order valence-corrected chi connectivity index (χ4v) is 2.91. The summed E-state index contributed by atoms with van der Waals surface area (Å²) in [6, 6.07) is 11.9. The van der Waals surface area contributed by atoms with Crippen molar-refractivity contribution in [2.75, 3.05) is 32.8 Å². The molecule has 0 saturated carbocycles. The Hall–Kier alpha value is -0.900. The molecule has 0 aromatic heterocycles. The molecule has 0 spiro atoms. The molecular formula is C14H20N2O. The van der Waals surface area contributed by atoms with E-state index >= 15 is 0 Å². The zero-order valence-corrected chi connectivity index (χ0v) is 10.1. The Morgan fingerprint density at radius 2 is 2.12 bits per heavy atom. The van der Waals surface area contributed by atoms with Crippen LogP contribution in [0, 0.1) is 0 Å². The van der Waals surface area contributed by atoms with Crippen molar-refractivity contribution in [2.24, 2.45) is 0 Å². The predicted molar refractivity (Wildman–Crippen MR) is 68.1 cm³/mol. The zero-order valence-electron chi connectivity index (χ0n) is 10.1. The lowest BCUT2D eigenvalue weighted by Gasteiger charge is -2.45. The molecule has 2 aliphatic heterocycles. The molecule has 2 unspecified atom stereocenters. The van der Waals surface area contributed by atoms with Gasteiger partial charge < -0.3 is 10.1 Å². The predicted octanol–water partition coefficient (Wildman–Crippen LogP) is 0.902. The minimum atomic E-state index is 0.554. The topological polar surface area (TPSA) is 24.5 Å². The van der Waals surface area contributed by atoms with E-state index in [0.717, 1.165) is 39.3 Å². The zero-order chi connectivity index (χ0) is 11.5. The Labute approximate surface area is 103 Å². The molecule has 0 amide bonds. The highest BCUT2D eigenvalue weighted by molar-refractivity contribution is 5.16. The van der Waals surface area contributed by atoms with Crippen LogP contribution in [0.3, 0.4) is 0 Å². The van der Waals surface area contributed by atoms with Gasteiger partial charge in [-0.25, -0.2) is 0 Å². The number of hydrogen-bond donors (Lipinski definition) is 1. The van der Waals surface area contributed by atoms with Crippen molar-refractivity contribution in [2.45, 2.75) is 18.5 Å². The van der Waals surface area contributed by atoms with Gasteiger partial charge in [-0.05, 0) is 12.0 Å². The average molecular weight is 232 g/mol. The van der Waals surface area contributed by atoms with Crippen LogP contribution in [0.2, 0.25) is 0 Å². The van der Waals surface area contributed by atoms with Gasteiger partial charge in [-0.1, -0.05) is 30.3 Å². The first-order valence-corrected chi connectivity index (χ1v) is 6.51. The molecule has 1 N–H and O–H groups in total. The highest BCUT2D eigenvalue weighted by atomic mass is 16.5. The summed E-state index contributed by atoms with van der Waals surface area (Å²) in [6.07, 6.45) is 1.11. The summed E-state index contributed by atoms with van der Waals surface area (Å²) >= 11 is 0. The van der Waals surface area contributed by atoms with Gasteiger partial charge in [0.1, 0.15) is 0 Å². The summed E-state index contributed by atoms with van der Waals surface area (Å²) in [6.45, 7) is 5.11. The second kappa shape index (κ2) is 5.17. The Morgan fingerprint density at radius 3 is 3.00 bits per heavy atom. The van der Waals surface area contributed by atoms with Gasteiger partial charge in [-0.2, -0.15) is 0 Å². The molecule has 2 fully saturated rings. The maximum absolute atomic E-state index is 5.74. The van der Waals surface area contributed by atoms with Gasteiger partial charge in [0.05, 0.1) is 13.2 Å². The van der Waals surface area contributed by atoms with Gasteiger partial charge in [-0.15, -0.1) is 0 Å². The molecule has 3 heteroatoms. The summed E-state index contributed by atoms with van der Waals surface area (Å²) in [5.74, 6) is 0.